The zero-order valence-corrected chi connectivity index (χ0v) is 11.9. The highest BCUT2D eigenvalue weighted by molar-refractivity contribution is 5.84. The van der Waals surface area contributed by atoms with Crippen LogP contribution in [0.5, 0.6) is 0 Å². The first kappa shape index (κ1) is 14.3. The molecule has 1 aliphatic rings. The van der Waals surface area contributed by atoms with Gasteiger partial charge in [0.05, 0.1) is 5.52 Å². The number of hydrogen-bond donors (Lipinski definition) is 1. The van der Waals surface area contributed by atoms with Crippen molar-refractivity contribution in [2.75, 3.05) is 6.54 Å². The normalized spacial score (nSPS) is 14.0. The molecule has 0 radical (unpaired) electrons. The Hall–Kier alpha value is -2.63. The number of carboxylic acids is 1. The van der Waals surface area contributed by atoms with Gasteiger partial charge >= 0.3 is 5.97 Å². The number of hydrogen-bond acceptors (Lipinski definition) is 3. The number of nitrogens with zero attached hydrogens (tertiary/aromatic N) is 2. The third-order valence-corrected chi connectivity index (χ3v) is 3.80. The van der Waals surface area contributed by atoms with Crippen LogP contribution >= 0.6 is 0 Å². The predicted octanol–water partition coefficient (Wildman–Crippen LogP) is 1.08. The van der Waals surface area contributed by atoms with Gasteiger partial charge in [-0.2, -0.15) is 0 Å². The standard InChI is InChI=1S/C16H16N2O4/c19-14-7-8-17(13-4-2-1-3-12(13)14)9-15(20)18(10-16(21)22)11-5-6-11/h1-4,7-8,11H,5-6,9-10H2,(H,21,22). The van der Waals surface area contributed by atoms with Gasteiger partial charge in [-0.1, -0.05) is 12.1 Å². The zero-order valence-electron chi connectivity index (χ0n) is 11.9. The smallest absolute Gasteiger partial charge is 0.323 e. The summed E-state index contributed by atoms with van der Waals surface area (Å²) in [5.41, 5.74) is 0.582. The molecule has 1 saturated carbocycles. The molecule has 3 rings (SSSR count). The van der Waals surface area contributed by atoms with Crippen LogP contribution in [-0.4, -0.2) is 39.0 Å². The summed E-state index contributed by atoms with van der Waals surface area (Å²) in [4.78, 5) is 36.6. The molecule has 1 aromatic carbocycles. The van der Waals surface area contributed by atoms with Gasteiger partial charge in [0.2, 0.25) is 5.91 Å². The van der Waals surface area contributed by atoms with Crippen molar-refractivity contribution in [2.45, 2.75) is 25.4 Å². The number of fused-ring (bicyclic) bond motifs is 1. The van der Waals surface area contributed by atoms with E-state index in [1.165, 1.54) is 11.0 Å². The summed E-state index contributed by atoms with van der Waals surface area (Å²) < 4.78 is 1.69. The fourth-order valence-electron chi connectivity index (χ4n) is 2.59. The van der Waals surface area contributed by atoms with E-state index >= 15 is 0 Å². The zero-order chi connectivity index (χ0) is 15.7. The van der Waals surface area contributed by atoms with E-state index in [0.717, 1.165) is 12.8 Å². The molecular weight excluding hydrogens is 284 g/mol. The van der Waals surface area contributed by atoms with Gasteiger partial charge in [-0.25, -0.2) is 0 Å². The third kappa shape index (κ3) is 2.86. The molecule has 1 fully saturated rings. The second-order valence-corrected chi connectivity index (χ2v) is 5.47. The number of carbonyl (C=O) groups excluding carboxylic acids is 1. The number of para-hydroxylation sites is 1. The summed E-state index contributed by atoms with van der Waals surface area (Å²) in [6.07, 6.45) is 3.28. The number of carbonyl (C=O) groups is 2. The number of aromatic nitrogens is 1. The second kappa shape index (κ2) is 5.63. The Morgan fingerprint density at radius 3 is 2.64 bits per heavy atom. The van der Waals surface area contributed by atoms with Crippen molar-refractivity contribution in [3.05, 3.63) is 46.8 Å². The molecule has 0 aliphatic heterocycles. The van der Waals surface area contributed by atoms with Crippen molar-refractivity contribution in [3.8, 4) is 0 Å². The molecule has 2 aromatic rings. The first-order chi connectivity index (χ1) is 10.6. The minimum Gasteiger partial charge on any atom is -0.480 e. The fraction of sp³-hybridized carbons (Fsp3) is 0.312. The molecule has 6 nitrogen and oxygen atoms in total. The average molecular weight is 300 g/mol. The second-order valence-electron chi connectivity index (χ2n) is 5.47. The average Bonchev–Trinajstić information content (AvgIpc) is 3.32. The molecule has 1 amide bonds. The molecule has 1 heterocycles. The van der Waals surface area contributed by atoms with Gasteiger partial charge in [0.25, 0.3) is 0 Å². The molecule has 0 unspecified atom stereocenters. The van der Waals surface area contributed by atoms with Crippen LogP contribution in [0, 0.1) is 0 Å². The first-order valence-electron chi connectivity index (χ1n) is 7.16. The molecular formula is C16H16N2O4. The van der Waals surface area contributed by atoms with Crippen molar-refractivity contribution >= 4 is 22.8 Å². The highest BCUT2D eigenvalue weighted by Gasteiger charge is 2.33. The highest BCUT2D eigenvalue weighted by Crippen LogP contribution is 2.27. The number of carboxylic acid groups (broad SMARTS) is 1. The maximum atomic E-state index is 12.4. The Morgan fingerprint density at radius 2 is 1.95 bits per heavy atom. The maximum Gasteiger partial charge on any atom is 0.323 e. The molecule has 0 spiro atoms. The van der Waals surface area contributed by atoms with Crippen LogP contribution in [0.4, 0.5) is 0 Å². The summed E-state index contributed by atoms with van der Waals surface area (Å²) in [5, 5.41) is 9.49. The number of amides is 1. The van der Waals surface area contributed by atoms with Crippen molar-refractivity contribution in [1.82, 2.24) is 9.47 Å². The molecule has 0 bridgehead atoms. The van der Waals surface area contributed by atoms with Crippen molar-refractivity contribution in [1.29, 1.82) is 0 Å². The quantitative estimate of drug-likeness (QED) is 0.896. The minimum absolute atomic E-state index is 0.0323. The number of pyridine rings is 1. The van der Waals surface area contributed by atoms with Crippen LogP contribution < -0.4 is 5.43 Å². The lowest BCUT2D eigenvalue weighted by atomic mass is 10.2. The summed E-state index contributed by atoms with van der Waals surface area (Å²) in [6, 6.07) is 8.54. The lowest BCUT2D eigenvalue weighted by Crippen LogP contribution is -2.39. The van der Waals surface area contributed by atoms with Gasteiger partial charge in [-0.3, -0.25) is 14.4 Å². The van der Waals surface area contributed by atoms with Crippen molar-refractivity contribution in [3.63, 3.8) is 0 Å². The number of aliphatic carboxylic acids is 1. The lowest BCUT2D eigenvalue weighted by molar-refractivity contribution is -0.145. The lowest BCUT2D eigenvalue weighted by Gasteiger charge is -2.21. The van der Waals surface area contributed by atoms with Crippen LogP contribution in [0.3, 0.4) is 0 Å². The largest absolute Gasteiger partial charge is 0.480 e. The Bertz CT molecular complexity index is 792. The van der Waals surface area contributed by atoms with Crippen LogP contribution in [-0.2, 0) is 16.1 Å². The Balaban J connectivity index is 1.89. The summed E-state index contributed by atoms with van der Waals surface area (Å²) in [5.74, 6) is -1.25. The predicted molar refractivity (Wildman–Crippen MR) is 80.6 cm³/mol. The molecule has 6 heteroatoms. The Labute approximate surface area is 126 Å². The van der Waals surface area contributed by atoms with E-state index in [2.05, 4.69) is 0 Å². The van der Waals surface area contributed by atoms with E-state index in [1.54, 1.807) is 35.0 Å². The third-order valence-electron chi connectivity index (χ3n) is 3.80. The van der Waals surface area contributed by atoms with Gasteiger partial charge < -0.3 is 14.6 Å². The van der Waals surface area contributed by atoms with E-state index < -0.39 is 5.97 Å². The highest BCUT2D eigenvalue weighted by atomic mass is 16.4. The first-order valence-corrected chi connectivity index (χ1v) is 7.16. The van der Waals surface area contributed by atoms with E-state index in [-0.39, 0.29) is 30.5 Å². The Morgan fingerprint density at radius 1 is 1.23 bits per heavy atom. The van der Waals surface area contributed by atoms with Gasteiger partial charge in [0.1, 0.15) is 13.1 Å². The minimum atomic E-state index is -1.01. The van der Waals surface area contributed by atoms with Crippen LogP contribution in [0.15, 0.2) is 41.3 Å². The van der Waals surface area contributed by atoms with Gasteiger partial charge in [0.15, 0.2) is 5.43 Å². The fourth-order valence-corrected chi connectivity index (χ4v) is 2.59. The topological polar surface area (TPSA) is 79.6 Å². The van der Waals surface area contributed by atoms with Crippen molar-refractivity contribution in [2.24, 2.45) is 0 Å². The SMILES string of the molecule is O=C(O)CN(C(=O)Cn1ccc(=O)c2ccccc21)C1CC1. The molecule has 114 valence electrons. The van der Waals surface area contributed by atoms with Crippen LogP contribution in [0.2, 0.25) is 0 Å². The van der Waals surface area contributed by atoms with E-state index in [9.17, 15) is 14.4 Å². The van der Waals surface area contributed by atoms with E-state index in [1.807, 2.05) is 0 Å². The van der Waals surface area contributed by atoms with Crippen molar-refractivity contribution < 1.29 is 14.7 Å². The molecule has 1 N–H and O–H groups in total. The Kier molecular flexibility index (Phi) is 3.66. The summed E-state index contributed by atoms with van der Waals surface area (Å²) >= 11 is 0. The molecule has 22 heavy (non-hydrogen) atoms. The molecule has 1 aromatic heterocycles. The summed E-state index contributed by atoms with van der Waals surface area (Å²) in [6.45, 7) is -0.244. The van der Waals surface area contributed by atoms with E-state index in [4.69, 9.17) is 5.11 Å². The number of benzene rings is 1. The summed E-state index contributed by atoms with van der Waals surface area (Å²) in [7, 11) is 0. The monoisotopic (exact) mass is 300 g/mol. The van der Waals surface area contributed by atoms with Gasteiger partial charge in [-0.15, -0.1) is 0 Å². The maximum absolute atomic E-state index is 12.4. The molecule has 1 aliphatic carbocycles. The van der Waals surface area contributed by atoms with E-state index in [0.29, 0.717) is 10.9 Å². The molecule has 0 atom stereocenters. The molecule has 0 saturated heterocycles. The van der Waals surface area contributed by atoms with Crippen LogP contribution in [0.1, 0.15) is 12.8 Å². The van der Waals surface area contributed by atoms with Crippen LogP contribution in [0.25, 0.3) is 10.9 Å². The number of rotatable bonds is 5. The van der Waals surface area contributed by atoms with Gasteiger partial charge in [0, 0.05) is 23.7 Å². The van der Waals surface area contributed by atoms with Gasteiger partial charge in [-0.05, 0) is 25.0 Å².